The number of carbonyl (C=O) groups excluding carboxylic acids is 4. The summed E-state index contributed by atoms with van der Waals surface area (Å²) < 4.78 is 5.20. The van der Waals surface area contributed by atoms with E-state index in [2.05, 4.69) is 10.6 Å². The van der Waals surface area contributed by atoms with Crippen molar-refractivity contribution in [3.05, 3.63) is 12.2 Å². The number of allylic oxidation sites excluding steroid dienone is 2. The third-order valence-electron chi connectivity index (χ3n) is 10.2. The highest BCUT2D eigenvalue weighted by atomic mass is 16.5. The Hall–Kier alpha value is -3.44. The number of esters is 1. The van der Waals surface area contributed by atoms with Crippen molar-refractivity contribution in [3.8, 4) is 0 Å². The van der Waals surface area contributed by atoms with Crippen LogP contribution in [0, 0.1) is 46.3 Å². The van der Waals surface area contributed by atoms with Gasteiger partial charge in [-0.05, 0) is 43.9 Å². The van der Waals surface area contributed by atoms with Crippen LogP contribution in [-0.4, -0.2) is 84.0 Å². The second-order valence-electron chi connectivity index (χ2n) is 14.1. The van der Waals surface area contributed by atoms with Gasteiger partial charge in [-0.15, -0.1) is 0 Å². The maximum absolute atomic E-state index is 12.5. The maximum atomic E-state index is 12.5. The molecule has 2 saturated carbocycles. The summed E-state index contributed by atoms with van der Waals surface area (Å²) in [5, 5.41) is 24.2. The minimum atomic E-state index is -0.943. The Bertz CT molecular complexity index is 1150. The number of carboxylic acid groups (broad SMARTS) is 2. The minimum absolute atomic E-state index is 0.0260. The summed E-state index contributed by atoms with van der Waals surface area (Å²) in [6.07, 6.45) is 8.95. The van der Waals surface area contributed by atoms with Gasteiger partial charge >= 0.3 is 17.9 Å². The standard InChI is InChI=1S/C17H30N2O4.C17H25NO5/c1-5-17(2,3)16(23)18-10-11-19(4)14(20)12-8-6-7-9-13(12)15(21)22;1-4-17(2,3)16(22)18-7-8-23-15(21)13-11-6-5-10(9-11)12(13)14(19)20/h12-13H,5-11H2,1-4H3,(H,18,23)(H,21,22);5-6,10-13H,4,7-9H2,1-3H3,(H,18,22)(H,19,20). The van der Waals surface area contributed by atoms with Crippen LogP contribution in [0.3, 0.4) is 0 Å². The Morgan fingerprint density at radius 1 is 0.783 bits per heavy atom. The van der Waals surface area contributed by atoms with E-state index in [1.807, 2.05) is 53.7 Å². The lowest BCUT2D eigenvalue weighted by atomic mass is 9.78. The molecule has 2 bridgehead atoms. The van der Waals surface area contributed by atoms with Gasteiger partial charge in [0.15, 0.2) is 0 Å². The summed E-state index contributed by atoms with van der Waals surface area (Å²) in [7, 11) is 1.67. The van der Waals surface area contributed by atoms with Crippen LogP contribution in [0.15, 0.2) is 12.2 Å². The van der Waals surface area contributed by atoms with Crippen LogP contribution in [0.25, 0.3) is 0 Å². The molecule has 0 aromatic rings. The summed E-state index contributed by atoms with van der Waals surface area (Å²) in [6, 6.07) is 0. The molecule has 3 rings (SSSR count). The Morgan fingerprint density at radius 3 is 1.78 bits per heavy atom. The molecular formula is C34H55N3O9. The number of nitrogens with zero attached hydrogens (tertiary/aromatic N) is 1. The van der Waals surface area contributed by atoms with Gasteiger partial charge in [-0.2, -0.15) is 0 Å². The highest BCUT2D eigenvalue weighted by molar-refractivity contribution is 5.85. The molecule has 6 atom stereocenters. The van der Waals surface area contributed by atoms with Crippen molar-refractivity contribution >= 4 is 35.6 Å². The molecule has 260 valence electrons. The second-order valence-corrected chi connectivity index (χ2v) is 14.1. The van der Waals surface area contributed by atoms with Crippen molar-refractivity contribution < 1.29 is 43.7 Å². The van der Waals surface area contributed by atoms with Gasteiger partial charge in [0.2, 0.25) is 17.7 Å². The van der Waals surface area contributed by atoms with Crippen LogP contribution in [-0.2, 0) is 33.5 Å². The van der Waals surface area contributed by atoms with Gasteiger partial charge in [-0.25, -0.2) is 0 Å². The Balaban J connectivity index is 0.000000320. The molecule has 0 heterocycles. The predicted molar refractivity (Wildman–Crippen MR) is 171 cm³/mol. The first-order valence-corrected chi connectivity index (χ1v) is 16.6. The van der Waals surface area contributed by atoms with Gasteiger partial charge in [-0.3, -0.25) is 28.8 Å². The molecule has 12 nitrogen and oxygen atoms in total. The van der Waals surface area contributed by atoms with Crippen molar-refractivity contribution in [2.24, 2.45) is 46.3 Å². The van der Waals surface area contributed by atoms with Crippen molar-refractivity contribution in [1.29, 1.82) is 0 Å². The zero-order valence-corrected chi connectivity index (χ0v) is 28.6. The highest BCUT2D eigenvalue weighted by Gasteiger charge is 2.52. The molecule has 12 heteroatoms. The van der Waals surface area contributed by atoms with Gasteiger partial charge in [-0.1, -0.05) is 66.5 Å². The molecule has 0 radical (unpaired) electrons. The molecule has 3 aliphatic carbocycles. The lowest BCUT2D eigenvalue weighted by molar-refractivity contribution is -0.158. The third-order valence-corrected chi connectivity index (χ3v) is 10.2. The fourth-order valence-corrected chi connectivity index (χ4v) is 6.14. The van der Waals surface area contributed by atoms with Crippen LogP contribution in [0.4, 0.5) is 0 Å². The molecule has 0 aromatic heterocycles. The van der Waals surface area contributed by atoms with E-state index in [9.17, 15) is 39.0 Å². The summed E-state index contributed by atoms with van der Waals surface area (Å²) >= 11 is 0. The van der Waals surface area contributed by atoms with E-state index in [0.717, 1.165) is 25.7 Å². The molecule has 4 N–H and O–H groups in total. The fourth-order valence-electron chi connectivity index (χ4n) is 6.14. The molecular weight excluding hydrogens is 594 g/mol. The number of ether oxygens (including phenoxy) is 1. The van der Waals surface area contributed by atoms with Crippen LogP contribution >= 0.6 is 0 Å². The first-order valence-electron chi connectivity index (χ1n) is 16.6. The first kappa shape index (κ1) is 38.7. The van der Waals surface area contributed by atoms with E-state index in [1.165, 1.54) is 0 Å². The van der Waals surface area contributed by atoms with Crippen LogP contribution in [0.2, 0.25) is 0 Å². The van der Waals surface area contributed by atoms with E-state index in [0.29, 0.717) is 32.4 Å². The predicted octanol–water partition coefficient (Wildman–Crippen LogP) is 3.49. The van der Waals surface area contributed by atoms with Crippen LogP contribution in [0.1, 0.15) is 86.5 Å². The molecule has 0 aliphatic heterocycles. The number of nitrogens with one attached hydrogen (secondary N) is 2. The highest BCUT2D eigenvalue weighted by Crippen LogP contribution is 2.48. The average Bonchev–Trinajstić information content (AvgIpc) is 3.65. The van der Waals surface area contributed by atoms with Crippen molar-refractivity contribution in [3.63, 3.8) is 0 Å². The number of carboxylic acids is 2. The minimum Gasteiger partial charge on any atom is -0.481 e. The number of carbonyl (C=O) groups is 6. The molecule has 2 fully saturated rings. The summed E-state index contributed by atoms with van der Waals surface area (Å²) in [5.41, 5.74) is -0.867. The third kappa shape index (κ3) is 10.0. The number of rotatable bonds is 14. The number of hydrogen-bond donors (Lipinski definition) is 4. The van der Waals surface area contributed by atoms with Crippen LogP contribution < -0.4 is 10.6 Å². The van der Waals surface area contributed by atoms with Crippen molar-refractivity contribution in [1.82, 2.24) is 15.5 Å². The largest absolute Gasteiger partial charge is 0.481 e. The Morgan fingerprint density at radius 2 is 1.28 bits per heavy atom. The SMILES string of the molecule is CCC(C)(C)C(=O)NCCN(C)C(=O)C1CCCCC1C(=O)O.CCC(C)(C)C(=O)NCCOC(=O)C1C2C=CC(C2)C1C(=O)O. The van der Waals surface area contributed by atoms with Crippen molar-refractivity contribution in [2.75, 3.05) is 33.3 Å². The van der Waals surface area contributed by atoms with E-state index in [1.54, 1.807) is 11.9 Å². The molecule has 46 heavy (non-hydrogen) atoms. The maximum Gasteiger partial charge on any atom is 0.310 e. The molecule has 0 spiro atoms. The van der Waals surface area contributed by atoms with Gasteiger partial charge in [0, 0.05) is 31.0 Å². The van der Waals surface area contributed by atoms with Gasteiger partial charge in [0.25, 0.3) is 0 Å². The number of aliphatic carboxylic acids is 2. The fraction of sp³-hybridized carbons (Fsp3) is 0.765. The topological polar surface area (TPSA) is 179 Å². The van der Waals surface area contributed by atoms with E-state index in [4.69, 9.17) is 4.74 Å². The lowest BCUT2D eigenvalue weighted by Crippen LogP contribution is -2.45. The normalized spacial score (nSPS) is 25.1. The molecule has 3 aliphatic rings. The van der Waals surface area contributed by atoms with E-state index >= 15 is 0 Å². The number of fused-ring (bicyclic) bond motifs is 2. The summed E-state index contributed by atoms with van der Waals surface area (Å²) in [5.74, 6) is -4.94. The van der Waals surface area contributed by atoms with Gasteiger partial charge in [0.05, 0.1) is 30.2 Å². The number of hydrogen-bond acceptors (Lipinski definition) is 7. The zero-order valence-electron chi connectivity index (χ0n) is 28.6. The molecule has 6 unspecified atom stereocenters. The molecule has 0 saturated heterocycles. The van der Waals surface area contributed by atoms with E-state index in [-0.39, 0.29) is 42.7 Å². The van der Waals surface area contributed by atoms with E-state index < -0.39 is 52.4 Å². The number of amides is 3. The van der Waals surface area contributed by atoms with Crippen LogP contribution in [0.5, 0.6) is 0 Å². The number of likely N-dealkylation sites (N-methyl/N-ethyl adjacent to an activating group) is 1. The Labute approximate surface area is 273 Å². The average molecular weight is 650 g/mol. The van der Waals surface area contributed by atoms with Gasteiger partial charge in [0.1, 0.15) is 6.61 Å². The lowest BCUT2D eigenvalue weighted by Gasteiger charge is -2.31. The van der Waals surface area contributed by atoms with Gasteiger partial charge < -0.3 is 30.5 Å². The van der Waals surface area contributed by atoms with Crippen molar-refractivity contribution in [2.45, 2.75) is 86.5 Å². The molecule has 3 amide bonds. The first-order chi connectivity index (χ1) is 21.5. The second kappa shape index (κ2) is 16.9. The molecule has 0 aromatic carbocycles. The smallest absolute Gasteiger partial charge is 0.310 e. The summed E-state index contributed by atoms with van der Waals surface area (Å²) in [4.78, 5) is 72.8. The quantitative estimate of drug-likeness (QED) is 0.124. The summed E-state index contributed by atoms with van der Waals surface area (Å²) in [6.45, 7) is 12.5. The monoisotopic (exact) mass is 649 g/mol. The zero-order chi connectivity index (χ0) is 34.8. The Kier molecular flexibility index (Phi) is 14.3.